The van der Waals surface area contributed by atoms with Crippen LogP contribution in [0.25, 0.3) is 0 Å². The lowest BCUT2D eigenvalue weighted by Gasteiger charge is -2.27. The summed E-state index contributed by atoms with van der Waals surface area (Å²) in [6.45, 7) is 32.5. The average Bonchev–Trinajstić information content (AvgIpc) is 2.86. The van der Waals surface area contributed by atoms with E-state index in [0.29, 0.717) is 5.92 Å². The summed E-state index contributed by atoms with van der Waals surface area (Å²) in [5, 5.41) is 6.99. The van der Waals surface area contributed by atoms with E-state index in [1.807, 2.05) is 6.08 Å². The van der Waals surface area contributed by atoms with Gasteiger partial charge in [-0.1, -0.05) is 135 Å². The molecule has 0 saturated carbocycles. The highest BCUT2D eigenvalue weighted by Gasteiger charge is 2.21. The lowest BCUT2D eigenvalue weighted by atomic mass is 9.78. The molecule has 0 aliphatic heterocycles. The predicted octanol–water partition coefficient (Wildman–Crippen LogP) is 11.6. The third kappa shape index (κ3) is 21.4. The monoisotopic (exact) mass is 593 g/mol. The Bertz CT molecular complexity index is 955. The van der Waals surface area contributed by atoms with Gasteiger partial charge in [-0.25, -0.2) is 0 Å². The van der Waals surface area contributed by atoms with Crippen LogP contribution in [0.5, 0.6) is 0 Å². The molecule has 0 aromatic heterocycles. The van der Waals surface area contributed by atoms with Crippen LogP contribution in [0.2, 0.25) is 25.7 Å². The third-order valence-electron chi connectivity index (χ3n) is 7.53. The van der Waals surface area contributed by atoms with Crippen LogP contribution in [0.3, 0.4) is 0 Å². The van der Waals surface area contributed by atoms with Gasteiger partial charge in [0.25, 0.3) is 0 Å². The van der Waals surface area contributed by atoms with Crippen molar-refractivity contribution >= 4 is 8.07 Å². The van der Waals surface area contributed by atoms with Crippen molar-refractivity contribution in [1.82, 2.24) is 10.6 Å². The quantitative estimate of drug-likeness (QED) is 0.0636. The molecule has 2 unspecified atom stereocenters. The minimum absolute atomic E-state index is 0.191. The molecule has 0 heterocycles. The number of allylic oxidation sites excluding steroid dienone is 10. The molecule has 0 radical (unpaired) electrons. The summed E-state index contributed by atoms with van der Waals surface area (Å²) in [6.07, 6.45) is 35.5. The Morgan fingerprint density at radius 2 is 1.43 bits per heavy atom. The number of hydrogen-bond donors (Lipinski definition) is 2. The first kappa shape index (κ1) is 39.7. The highest BCUT2D eigenvalue weighted by Crippen LogP contribution is 2.33. The maximum absolute atomic E-state index is 3.95. The number of rotatable bonds is 20. The normalized spacial score (nSPS) is 16.1. The molecule has 3 heteroatoms. The van der Waals surface area contributed by atoms with Crippen LogP contribution in [0.1, 0.15) is 88.0 Å². The first-order valence-corrected chi connectivity index (χ1v) is 19.9. The Morgan fingerprint density at radius 1 is 0.786 bits per heavy atom. The fourth-order valence-corrected chi connectivity index (χ4v) is 5.32. The Kier molecular flexibility index (Phi) is 18.8. The molecule has 42 heavy (non-hydrogen) atoms. The summed E-state index contributed by atoms with van der Waals surface area (Å²) in [4.78, 5) is 0. The van der Waals surface area contributed by atoms with Crippen LogP contribution in [0, 0.1) is 22.2 Å². The van der Waals surface area contributed by atoms with Crippen LogP contribution in [0.15, 0.2) is 97.5 Å². The molecule has 0 aromatic rings. The summed E-state index contributed by atoms with van der Waals surface area (Å²) < 4.78 is 0. The van der Waals surface area contributed by atoms with Crippen molar-refractivity contribution in [1.29, 1.82) is 0 Å². The van der Waals surface area contributed by atoms with Crippen molar-refractivity contribution in [3.8, 4) is 0 Å². The van der Waals surface area contributed by atoms with Gasteiger partial charge in [-0.3, -0.25) is 0 Å². The smallest absolute Gasteiger partial charge is 0.0489 e. The second kappa shape index (κ2) is 19.8. The van der Waals surface area contributed by atoms with Crippen LogP contribution < -0.4 is 10.6 Å². The molecule has 0 aliphatic rings. The number of hydrogen-bond acceptors (Lipinski definition) is 2. The zero-order valence-corrected chi connectivity index (χ0v) is 30.7. The molecule has 2 nitrogen and oxygen atoms in total. The van der Waals surface area contributed by atoms with Crippen molar-refractivity contribution in [2.45, 2.75) is 120 Å². The molecule has 238 valence electrons. The molecule has 2 atom stereocenters. The van der Waals surface area contributed by atoms with Crippen molar-refractivity contribution in [2.24, 2.45) is 22.2 Å². The summed E-state index contributed by atoms with van der Waals surface area (Å²) in [5.41, 5.74) is 1.94. The Hall–Kier alpha value is -2.26. The van der Waals surface area contributed by atoms with Crippen LogP contribution in [0.4, 0.5) is 0 Å². The highest BCUT2D eigenvalue weighted by molar-refractivity contribution is 6.76. The van der Waals surface area contributed by atoms with Gasteiger partial charge in [0.05, 0.1) is 0 Å². The molecule has 0 fully saturated rings. The van der Waals surface area contributed by atoms with E-state index < -0.39 is 8.07 Å². The molecule has 2 N–H and O–H groups in total. The standard InChI is InChI=1S/C39H68N2Si/c1-14-20-36(25-32-40-30-19-27-39(9,10)29-28-38(7,8)26-15-2)41-31-17-22-35(37(4,5)6)24-23-34(16-3)21-18-33-42(11,12)13/h14-19,21,23-27,31-32,35-36,40-41H,1,20,22,28-30,33H2,2-13H3/b21-18-,24-23+,26-15+,27-19+,31-17+,32-25+,34-16+. The summed E-state index contributed by atoms with van der Waals surface area (Å²) in [7, 11) is -1.06. The van der Waals surface area contributed by atoms with Gasteiger partial charge in [0.15, 0.2) is 0 Å². The fourth-order valence-electron chi connectivity index (χ4n) is 4.49. The molecule has 0 rings (SSSR count). The number of nitrogens with one attached hydrogen (secondary N) is 2. The molecular formula is C39H68N2Si. The van der Waals surface area contributed by atoms with Gasteiger partial charge >= 0.3 is 0 Å². The van der Waals surface area contributed by atoms with E-state index in [9.17, 15) is 0 Å². The van der Waals surface area contributed by atoms with Gasteiger partial charge in [0.2, 0.25) is 0 Å². The van der Waals surface area contributed by atoms with Crippen LogP contribution >= 0.6 is 0 Å². The van der Waals surface area contributed by atoms with E-state index in [0.717, 1.165) is 19.4 Å². The first-order chi connectivity index (χ1) is 19.4. The second-order valence-electron chi connectivity index (χ2n) is 15.4. The summed E-state index contributed by atoms with van der Waals surface area (Å²) >= 11 is 0. The molecule has 0 bridgehead atoms. The van der Waals surface area contributed by atoms with Crippen molar-refractivity contribution in [3.63, 3.8) is 0 Å². The topological polar surface area (TPSA) is 24.1 Å². The van der Waals surface area contributed by atoms with Crippen LogP contribution in [-0.4, -0.2) is 20.7 Å². The molecule has 0 aliphatic carbocycles. The van der Waals surface area contributed by atoms with E-state index >= 15 is 0 Å². The highest BCUT2D eigenvalue weighted by atomic mass is 28.3. The maximum Gasteiger partial charge on any atom is 0.0489 e. The molecule has 0 aromatic carbocycles. The molecule has 0 amide bonds. The fraction of sp³-hybridized carbons (Fsp3) is 0.590. The van der Waals surface area contributed by atoms with Crippen molar-refractivity contribution in [2.75, 3.05) is 6.54 Å². The van der Waals surface area contributed by atoms with Crippen molar-refractivity contribution < 1.29 is 0 Å². The minimum atomic E-state index is -1.06. The van der Waals surface area contributed by atoms with E-state index in [2.05, 4.69) is 178 Å². The SMILES string of the molecule is C=CCC(/C=C/NC/C=C/C(C)(C)CCC(C)(C)/C=C/C)N/C=C/CC(/C=C/C(/C=C\C[Si](C)(C)C)=C/C)C(C)(C)C. The Morgan fingerprint density at radius 3 is 1.98 bits per heavy atom. The van der Waals surface area contributed by atoms with Gasteiger partial charge in [0.1, 0.15) is 0 Å². The second-order valence-corrected chi connectivity index (χ2v) is 20.9. The van der Waals surface area contributed by atoms with Crippen molar-refractivity contribution in [3.05, 3.63) is 97.5 Å². The zero-order chi connectivity index (χ0) is 32.3. The lowest BCUT2D eigenvalue weighted by molar-refractivity contribution is 0.295. The summed E-state index contributed by atoms with van der Waals surface area (Å²) in [6, 6.07) is 1.44. The average molecular weight is 593 g/mol. The van der Waals surface area contributed by atoms with E-state index in [1.165, 1.54) is 24.5 Å². The van der Waals surface area contributed by atoms with Gasteiger partial charge in [-0.15, -0.1) is 6.58 Å². The van der Waals surface area contributed by atoms with E-state index in [-0.39, 0.29) is 22.3 Å². The van der Waals surface area contributed by atoms with E-state index in [4.69, 9.17) is 0 Å². The van der Waals surface area contributed by atoms with E-state index in [1.54, 1.807) is 0 Å². The third-order valence-corrected chi connectivity index (χ3v) is 8.99. The Balaban J connectivity index is 4.95. The molecular weight excluding hydrogens is 525 g/mol. The molecule has 0 spiro atoms. The zero-order valence-electron chi connectivity index (χ0n) is 29.7. The van der Waals surface area contributed by atoms with Gasteiger partial charge < -0.3 is 10.6 Å². The lowest BCUT2D eigenvalue weighted by Crippen LogP contribution is -2.22. The van der Waals surface area contributed by atoms with Gasteiger partial charge in [-0.2, -0.15) is 0 Å². The predicted molar refractivity (Wildman–Crippen MR) is 197 cm³/mol. The van der Waals surface area contributed by atoms with Crippen LogP contribution in [-0.2, 0) is 0 Å². The minimum Gasteiger partial charge on any atom is -0.388 e. The molecule has 0 saturated heterocycles. The van der Waals surface area contributed by atoms with Gasteiger partial charge in [-0.05, 0) is 91.8 Å². The summed E-state index contributed by atoms with van der Waals surface area (Å²) in [5.74, 6) is 0.455. The first-order valence-electron chi connectivity index (χ1n) is 16.2. The van der Waals surface area contributed by atoms with Gasteiger partial charge in [0, 0.05) is 20.7 Å². The largest absolute Gasteiger partial charge is 0.388 e. The Labute approximate surface area is 264 Å². The maximum atomic E-state index is 3.95.